The number of carbonyl (C=O) groups excluding carboxylic acids is 1. The monoisotopic (exact) mass is 239 g/mol. The fourth-order valence-electron chi connectivity index (χ4n) is 1.07. The predicted molar refractivity (Wildman–Crippen MR) is 59.9 cm³/mol. The van der Waals surface area contributed by atoms with Gasteiger partial charge in [0.1, 0.15) is 12.2 Å². The molecule has 4 N–H and O–H groups in total. The largest absolute Gasteiger partial charge is 0.381 e. The van der Waals surface area contributed by atoms with Gasteiger partial charge in [0.2, 0.25) is 5.91 Å². The van der Waals surface area contributed by atoms with Crippen LogP contribution in [0.15, 0.2) is 18.2 Å². The summed E-state index contributed by atoms with van der Waals surface area (Å²) in [6.07, 6.45) is -1.30. The lowest BCUT2D eigenvalue weighted by Crippen LogP contribution is -2.34. The van der Waals surface area contributed by atoms with Gasteiger partial charge in [-0.15, -0.1) is 0 Å². The Labute approximate surface area is 97.4 Å². The number of aliphatic hydroxyl groups excluding tert-OH is 1. The van der Waals surface area contributed by atoms with Gasteiger partial charge in [0.25, 0.3) is 0 Å². The number of nitrogens with zero attached hydrogens (tertiary/aromatic N) is 1. The number of hydrogen-bond donors (Lipinski definition) is 3. The van der Waals surface area contributed by atoms with E-state index >= 15 is 0 Å². The van der Waals surface area contributed by atoms with E-state index in [9.17, 15) is 4.79 Å². The van der Waals surface area contributed by atoms with Gasteiger partial charge < -0.3 is 16.2 Å². The number of halogens is 1. The second-order valence-electron chi connectivity index (χ2n) is 3.10. The molecule has 0 saturated carbocycles. The molecule has 0 radical (unpaired) electrons. The average Bonchev–Trinajstić information content (AvgIpc) is 2.25. The van der Waals surface area contributed by atoms with Crippen LogP contribution < -0.4 is 11.1 Å². The summed E-state index contributed by atoms with van der Waals surface area (Å²) in [5.41, 5.74) is 5.71. The van der Waals surface area contributed by atoms with E-state index in [4.69, 9.17) is 27.7 Å². The summed E-state index contributed by atoms with van der Waals surface area (Å²) in [5.74, 6) is -0.826. The lowest BCUT2D eigenvalue weighted by Gasteiger charge is -2.11. The molecule has 5 nitrogen and oxygen atoms in total. The molecule has 16 heavy (non-hydrogen) atoms. The van der Waals surface area contributed by atoms with Crippen LogP contribution in [-0.4, -0.2) is 23.7 Å². The third kappa shape index (κ3) is 3.12. The van der Waals surface area contributed by atoms with E-state index in [2.05, 4.69) is 5.32 Å². The predicted octanol–water partition coefficient (Wildman–Crippen LogP) is 0.470. The van der Waals surface area contributed by atoms with Crippen LogP contribution in [-0.2, 0) is 4.79 Å². The molecule has 1 unspecified atom stereocenters. The number of primary amides is 1. The standard InChI is InChI=1S/C10H10ClN3O2/c11-7-2-1-6(4-12)8(3-7)14-5-9(15)10(13)16/h1-3,9,14-15H,5H2,(H2,13,16). The third-order valence-electron chi connectivity index (χ3n) is 1.92. The molecule has 0 saturated heterocycles. The minimum atomic E-state index is -1.30. The Kier molecular flexibility index (Phi) is 4.11. The van der Waals surface area contributed by atoms with Crippen molar-refractivity contribution in [2.75, 3.05) is 11.9 Å². The molecule has 0 aliphatic heterocycles. The molecule has 0 heterocycles. The second kappa shape index (κ2) is 5.35. The van der Waals surface area contributed by atoms with Crippen molar-refractivity contribution in [3.05, 3.63) is 28.8 Å². The molecule has 1 aromatic carbocycles. The first-order valence-corrected chi connectivity index (χ1v) is 4.83. The number of carbonyl (C=O) groups is 1. The van der Waals surface area contributed by atoms with Gasteiger partial charge in [-0.05, 0) is 18.2 Å². The van der Waals surface area contributed by atoms with Gasteiger partial charge in [0.15, 0.2) is 0 Å². The average molecular weight is 240 g/mol. The fourth-order valence-corrected chi connectivity index (χ4v) is 1.24. The maximum atomic E-state index is 10.6. The number of nitriles is 1. The summed E-state index contributed by atoms with van der Waals surface area (Å²) >= 11 is 5.75. The van der Waals surface area contributed by atoms with Gasteiger partial charge >= 0.3 is 0 Å². The van der Waals surface area contributed by atoms with Crippen LogP contribution >= 0.6 is 11.6 Å². The Morgan fingerprint density at radius 2 is 2.38 bits per heavy atom. The Balaban J connectivity index is 2.77. The highest BCUT2D eigenvalue weighted by Crippen LogP contribution is 2.20. The lowest BCUT2D eigenvalue weighted by atomic mass is 10.2. The van der Waals surface area contributed by atoms with E-state index in [0.717, 1.165) is 0 Å². The number of anilines is 1. The molecule has 0 aliphatic rings. The molecule has 0 aromatic heterocycles. The fraction of sp³-hybridized carbons (Fsp3) is 0.200. The van der Waals surface area contributed by atoms with E-state index in [1.165, 1.54) is 6.07 Å². The molecular formula is C10H10ClN3O2. The highest BCUT2D eigenvalue weighted by Gasteiger charge is 2.11. The van der Waals surface area contributed by atoms with Gasteiger partial charge in [-0.1, -0.05) is 11.6 Å². The molecule has 6 heteroatoms. The van der Waals surface area contributed by atoms with Crippen molar-refractivity contribution in [2.45, 2.75) is 6.10 Å². The number of amides is 1. The smallest absolute Gasteiger partial charge is 0.248 e. The first-order chi connectivity index (χ1) is 7.54. The molecule has 0 bridgehead atoms. The van der Waals surface area contributed by atoms with Crippen molar-refractivity contribution in [1.82, 2.24) is 0 Å². The maximum absolute atomic E-state index is 10.6. The number of benzene rings is 1. The van der Waals surface area contributed by atoms with Crippen LogP contribution in [0.3, 0.4) is 0 Å². The van der Waals surface area contributed by atoms with Crippen molar-refractivity contribution in [2.24, 2.45) is 5.73 Å². The molecule has 84 valence electrons. The lowest BCUT2D eigenvalue weighted by molar-refractivity contribution is -0.125. The van der Waals surface area contributed by atoms with Crippen molar-refractivity contribution >= 4 is 23.2 Å². The summed E-state index contributed by atoms with van der Waals surface area (Å²) in [6.45, 7) is -0.0651. The summed E-state index contributed by atoms with van der Waals surface area (Å²) in [7, 11) is 0. The van der Waals surface area contributed by atoms with E-state index in [1.807, 2.05) is 6.07 Å². The van der Waals surface area contributed by atoms with Crippen LogP contribution in [0.4, 0.5) is 5.69 Å². The Bertz CT molecular complexity index is 442. The quantitative estimate of drug-likeness (QED) is 0.711. The second-order valence-corrected chi connectivity index (χ2v) is 3.54. The van der Waals surface area contributed by atoms with Crippen molar-refractivity contribution in [1.29, 1.82) is 5.26 Å². The Morgan fingerprint density at radius 1 is 1.69 bits per heavy atom. The minimum Gasteiger partial charge on any atom is -0.381 e. The molecule has 1 atom stereocenters. The highest BCUT2D eigenvalue weighted by atomic mass is 35.5. The van der Waals surface area contributed by atoms with Gasteiger partial charge in [0.05, 0.1) is 11.3 Å². The number of nitrogens with two attached hydrogens (primary N) is 1. The first-order valence-electron chi connectivity index (χ1n) is 4.45. The van der Waals surface area contributed by atoms with Gasteiger partial charge in [-0.2, -0.15) is 5.26 Å². The van der Waals surface area contributed by atoms with Crippen LogP contribution in [0, 0.1) is 11.3 Å². The molecule has 1 amide bonds. The van der Waals surface area contributed by atoms with E-state index < -0.39 is 12.0 Å². The normalized spacial score (nSPS) is 11.6. The number of aliphatic hydroxyl groups is 1. The number of hydrogen-bond acceptors (Lipinski definition) is 4. The molecule has 0 fully saturated rings. The Morgan fingerprint density at radius 3 is 2.94 bits per heavy atom. The SMILES string of the molecule is N#Cc1ccc(Cl)cc1NCC(O)C(N)=O. The van der Waals surface area contributed by atoms with Crippen LogP contribution in [0.2, 0.25) is 5.02 Å². The third-order valence-corrected chi connectivity index (χ3v) is 2.15. The molecular weight excluding hydrogens is 230 g/mol. The zero-order valence-corrected chi connectivity index (χ0v) is 9.03. The van der Waals surface area contributed by atoms with E-state index in [1.54, 1.807) is 12.1 Å². The van der Waals surface area contributed by atoms with Gasteiger partial charge in [0, 0.05) is 11.6 Å². The van der Waals surface area contributed by atoms with E-state index in [-0.39, 0.29) is 6.54 Å². The molecule has 1 rings (SSSR count). The minimum absolute atomic E-state index is 0.0651. The van der Waals surface area contributed by atoms with Crippen LogP contribution in [0.1, 0.15) is 5.56 Å². The Hall–Kier alpha value is -1.77. The summed E-state index contributed by atoms with van der Waals surface area (Å²) in [6, 6.07) is 6.61. The van der Waals surface area contributed by atoms with Crippen molar-refractivity contribution in [3.8, 4) is 6.07 Å². The highest BCUT2D eigenvalue weighted by molar-refractivity contribution is 6.30. The molecule has 1 aromatic rings. The van der Waals surface area contributed by atoms with Crippen molar-refractivity contribution < 1.29 is 9.90 Å². The topological polar surface area (TPSA) is 99.1 Å². The zero-order valence-electron chi connectivity index (χ0n) is 8.27. The van der Waals surface area contributed by atoms with Gasteiger partial charge in [-0.3, -0.25) is 4.79 Å². The number of rotatable bonds is 4. The summed E-state index contributed by atoms with van der Waals surface area (Å²) in [4.78, 5) is 10.6. The van der Waals surface area contributed by atoms with Crippen LogP contribution in [0.25, 0.3) is 0 Å². The maximum Gasteiger partial charge on any atom is 0.248 e. The molecule has 0 spiro atoms. The van der Waals surface area contributed by atoms with E-state index in [0.29, 0.717) is 16.3 Å². The summed E-state index contributed by atoms with van der Waals surface area (Å²) < 4.78 is 0. The zero-order chi connectivity index (χ0) is 12.1. The summed E-state index contributed by atoms with van der Waals surface area (Å²) in [5, 5.41) is 21.1. The number of nitrogens with one attached hydrogen (secondary N) is 1. The van der Waals surface area contributed by atoms with Crippen molar-refractivity contribution in [3.63, 3.8) is 0 Å². The molecule has 0 aliphatic carbocycles. The van der Waals surface area contributed by atoms with Gasteiger partial charge in [-0.25, -0.2) is 0 Å². The van der Waals surface area contributed by atoms with Crippen LogP contribution in [0.5, 0.6) is 0 Å². The first kappa shape index (κ1) is 12.3.